The number of hydrogen-bond acceptors (Lipinski definition) is 3. The summed E-state index contributed by atoms with van der Waals surface area (Å²) < 4.78 is 0.489. The van der Waals surface area contributed by atoms with Gasteiger partial charge in [-0.3, -0.25) is 4.98 Å². The first-order valence-electron chi connectivity index (χ1n) is 6.42. The molecule has 0 aromatic carbocycles. The third kappa shape index (κ3) is 3.23. The predicted molar refractivity (Wildman–Crippen MR) is 75.4 cm³/mol. The molecule has 0 spiro atoms. The van der Waals surface area contributed by atoms with E-state index in [0.29, 0.717) is 4.75 Å². The highest BCUT2D eigenvalue weighted by Crippen LogP contribution is 2.39. The zero-order valence-corrected chi connectivity index (χ0v) is 11.6. The Morgan fingerprint density at radius 2 is 2.18 bits per heavy atom. The first-order chi connectivity index (χ1) is 8.26. The largest absolute Gasteiger partial charge is 0.310 e. The van der Waals surface area contributed by atoms with Crippen LogP contribution in [0.5, 0.6) is 0 Å². The summed E-state index contributed by atoms with van der Waals surface area (Å²) in [5.74, 6) is 0. The first kappa shape index (κ1) is 12.9. The van der Waals surface area contributed by atoms with E-state index in [2.05, 4.69) is 29.5 Å². The lowest BCUT2D eigenvalue weighted by atomic mass is 10.1. The van der Waals surface area contributed by atoms with E-state index in [-0.39, 0.29) is 0 Å². The lowest BCUT2D eigenvalue weighted by molar-refractivity contribution is 0.530. The van der Waals surface area contributed by atoms with Crippen LogP contribution in [0.2, 0.25) is 0 Å². The van der Waals surface area contributed by atoms with E-state index in [4.69, 9.17) is 0 Å². The fourth-order valence-corrected chi connectivity index (χ4v) is 3.53. The minimum Gasteiger partial charge on any atom is -0.310 e. The summed E-state index contributed by atoms with van der Waals surface area (Å²) in [6.45, 7) is 4.14. The second-order valence-electron chi connectivity index (χ2n) is 4.96. The number of aryl methyl sites for hydroxylation is 1. The van der Waals surface area contributed by atoms with Gasteiger partial charge in [0.2, 0.25) is 0 Å². The molecular formula is C14H22N2S. The van der Waals surface area contributed by atoms with Crippen LogP contribution >= 0.6 is 11.8 Å². The lowest BCUT2D eigenvalue weighted by Crippen LogP contribution is -2.35. The summed E-state index contributed by atoms with van der Waals surface area (Å²) in [6, 6.07) is 4.13. The normalized spacial score (nSPS) is 18.5. The molecule has 1 heterocycles. The van der Waals surface area contributed by atoms with Gasteiger partial charge in [-0.2, -0.15) is 11.8 Å². The second-order valence-corrected chi connectivity index (χ2v) is 6.24. The van der Waals surface area contributed by atoms with Crippen LogP contribution in [0, 0.1) is 6.92 Å². The molecule has 0 aliphatic heterocycles. The number of hydrogen-bond donors (Lipinski definition) is 1. The minimum absolute atomic E-state index is 0.489. The Hall–Kier alpha value is -0.540. The molecule has 2 rings (SSSR count). The molecule has 0 amide bonds. The molecule has 1 N–H and O–H groups in total. The maximum absolute atomic E-state index is 4.42. The Morgan fingerprint density at radius 3 is 2.82 bits per heavy atom. The highest BCUT2D eigenvalue weighted by Gasteiger charge is 2.32. The predicted octanol–water partition coefficient (Wildman–Crippen LogP) is 3.16. The van der Waals surface area contributed by atoms with E-state index in [1.807, 2.05) is 24.0 Å². The molecule has 0 bridgehead atoms. The number of aromatic nitrogens is 1. The molecule has 2 nitrogen and oxygen atoms in total. The van der Waals surface area contributed by atoms with Gasteiger partial charge in [0, 0.05) is 24.0 Å². The number of pyridine rings is 1. The molecule has 94 valence electrons. The Bertz CT molecular complexity index is 359. The van der Waals surface area contributed by atoms with Crippen molar-refractivity contribution in [1.29, 1.82) is 0 Å². The van der Waals surface area contributed by atoms with Crippen molar-refractivity contribution in [3.8, 4) is 0 Å². The summed E-state index contributed by atoms with van der Waals surface area (Å²) >= 11 is 2.04. The second kappa shape index (κ2) is 5.87. The Morgan fingerprint density at radius 1 is 1.41 bits per heavy atom. The van der Waals surface area contributed by atoms with Gasteiger partial charge in [-0.05, 0) is 37.7 Å². The highest BCUT2D eigenvalue weighted by atomic mass is 32.2. The maximum Gasteiger partial charge on any atom is 0.0570 e. The third-order valence-corrected chi connectivity index (χ3v) is 5.22. The molecule has 0 unspecified atom stereocenters. The fraction of sp³-hybridized carbons (Fsp3) is 0.643. The molecule has 1 aliphatic carbocycles. The Kier molecular flexibility index (Phi) is 4.46. The summed E-state index contributed by atoms with van der Waals surface area (Å²) in [7, 11) is 0. The van der Waals surface area contributed by atoms with Crippen LogP contribution in [-0.2, 0) is 6.54 Å². The molecule has 1 aromatic rings. The number of nitrogens with zero attached hydrogens (tertiary/aromatic N) is 1. The van der Waals surface area contributed by atoms with Gasteiger partial charge in [0.1, 0.15) is 0 Å². The van der Waals surface area contributed by atoms with Crippen molar-refractivity contribution in [3.05, 3.63) is 29.6 Å². The SMILES string of the molecule is CSC1(CNCc2ncccc2C)CCCC1. The molecular weight excluding hydrogens is 228 g/mol. The fourth-order valence-electron chi connectivity index (χ4n) is 2.58. The van der Waals surface area contributed by atoms with Crippen LogP contribution in [0.3, 0.4) is 0 Å². The topological polar surface area (TPSA) is 24.9 Å². The first-order valence-corrected chi connectivity index (χ1v) is 7.65. The van der Waals surface area contributed by atoms with E-state index in [0.717, 1.165) is 13.1 Å². The summed E-state index contributed by atoms with van der Waals surface area (Å²) in [4.78, 5) is 4.42. The van der Waals surface area contributed by atoms with Crippen LogP contribution in [-0.4, -0.2) is 22.5 Å². The van der Waals surface area contributed by atoms with Crippen molar-refractivity contribution >= 4 is 11.8 Å². The number of thioether (sulfide) groups is 1. The molecule has 1 aliphatic rings. The van der Waals surface area contributed by atoms with E-state index < -0.39 is 0 Å². The molecule has 3 heteroatoms. The van der Waals surface area contributed by atoms with Crippen LogP contribution < -0.4 is 5.32 Å². The third-order valence-electron chi connectivity index (χ3n) is 3.81. The number of nitrogens with one attached hydrogen (secondary N) is 1. The van der Waals surface area contributed by atoms with E-state index in [9.17, 15) is 0 Å². The van der Waals surface area contributed by atoms with Gasteiger partial charge in [0.05, 0.1) is 5.69 Å². The van der Waals surface area contributed by atoms with Crippen LogP contribution in [0.1, 0.15) is 36.9 Å². The van der Waals surface area contributed by atoms with Crippen molar-refractivity contribution in [2.45, 2.75) is 43.9 Å². The molecule has 1 aromatic heterocycles. The molecule has 0 atom stereocenters. The average molecular weight is 250 g/mol. The zero-order chi connectivity index (χ0) is 12.1. The maximum atomic E-state index is 4.42. The van der Waals surface area contributed by atoms with Crippen LogP contribution in [0.15, 0.2) is 18.3 Å². The van der Waals surface area contributed by atoms with Crippen molar-refractivity contribution in [1.82, 2.24) is 10.3 Å². The Labute approximate surface area is 109 Å². The molecule has 1 fully saturated rings. The minimum atomic E-state index is 0.489. The van der Waals surface area contributed by atoms with E-state index >= 15 is 0 Å². The van der Waals surface area contributed by atoms with Gasteiger partial charge in [-0.15, -0.1) is 0 Å². The number of rotatable bonds is 5. The van der Waals surface area contributed by atoms with E-state index in [1.54, 1.807) is 0 Å². The summed E-state index contributed by atoms with van der Waals surface area (Å²) in [5, 5.41) is 3.59. The Balaban J connectivity index is 1.85. The molecule has 0 saturated heterocycles. The van der Waals surface area contributed by atoms with Gasteiger partial charge < -0.3 is 5.32 Å². The summed E-state index contributed by atoms with van der Waals surface area (Å²) in [5.41, 5.74) is 2.46. The van der Waals surface area contributed by atoms with Gasteiger partial charge in [0.25, 0.3) is 0 Å². The van der Waals surface area contributed by atoms with Crippen LogP contribution in [0.4, 0.5) is 0 Å². The van der Waals surface area contributed by atoms with Crippen molar-refractivity contribution < 1.29 is 0 Å². The highest BCUT2D eigenvalue weighted by molar-refractivity contribution is 8.00. The van der Waals surface area contributed by atoms with Crippen molar-refractivity contribution in [3.63, 3.8) is 0 Å². The van der Waals surface area contributed by atoms with E-state index in [1.165, 1.54) is 36.9 Å². The van der Waals surface area contributed by atoms with Crippen LogP contribution in [0.25, 0.3) is 0 Å². The van der Waals surface area contributed by atoms with Gasteiger partial charge in [-0.1, -0.05) is 18.9 Å². The lowest BCUT2D eigenvalue weighted by Gasteiger charge is -2.27. The van der Waals surface area contributed by atoms with Crippen molar-refractivity contribution in [2.75, 3.05) is 12.8 Å². The van der Waals surface area contributed by atoms with Crippen molar-refractivity contribution in [2.24, 2.45) is 0 Å². The average Bonchev–Trinajstić information content (AvgIpc) is 2.81. The standard InChI is InChI=1S/C14H22N2S/c1-12-6-5-9-16-13(12)10-15-11-14(17-2)7-3-4-8-14/h5-6,9,15H,3-4,7-8,10-11H2,1-2H3. The molecule has 1 saturated carbocycles. The summed E-state index contributed by atoms with van der Waals surface area (Å²) in [6.07, 6.45) is 9.64. The monoisotopic (exact) mass is 250 g/mol. The quantitative estimate of drug-likeness (QED) is 0.869. The molecule has 0 radical (unpaired) electrons. The van der Waals surface area contributed by atoms with Gasteiger partial charge in [-0.25, -0.2) is 0 Å². The van der Waals surface area contributed by atoms with Gasteiger partial charge in [0.15, 0.2) is 0 Å². The molecule has 17 heavy (non-hydrogen) atoms. The van der Waals surface area contributed by atoms with Gasteiger partial charge >= 0.3 is 0 Å². The smallest absolute Gasteiger partial charge is 0.0570 e. The zero-order valence-electron chi connectivity index (χ0n) is 10.8.